The van der Waals surface area contributed by atoms with Crippen LogP contribution in [0, 0.1) is 0 Å². The maximum absolute atomic E-state index is 6.33. The molecule has 2 aromatic heterocycles. The molecule has 0 aliphatic carbocycles. The Labute approximate surface area is 154 Å². The number of hydrogen-bond acceptors (Lipinski definition) is 6. The van der Waals surface area contributed by atoms with Crippen LogP contribution in [0.5, 0.6) is 11.5 Å². The summed E-state index contributed by atoms with van der Waals surface area (Å²) in [6.07, 6.45) is 2.68. The van der Waals surface area contributed by atoms with Gasteiger partial charge < -0.3 is 14.0 Å². The smallest absolute Gasteiger partial charge is 0.269 e. The Morgan fingerprint density at radius 1 is 1.32 bits per heavy atom. The monoisotopic (exact) mass is 376 g/mol. The highest BCUT2D eigenvalue weighted by Gasteiger charge is 2.12. The fourth-order valence-electron chi connectivity index (χ4n) is 2.14. The third-order valence-corrected chi connectivity index (χ3v) is 4.31. The Hall–Kier alpha value is -2.31. The van der Waals surface area contributed by atoms with Crippen LogP contribution >= 0.6 is 22.9 Å². The largest absolute Gasteiger partial charge is 0.493 e. The minimum atomic E-state index is 0.271. The Bertz CT molecular complexity index is 859. The number of nitrogens with zero attached hydrogens (tertiary/aromatic N) is 2. The number of rotatable bonds is 7. The molecule has 0 saturated heterocycles. The van der Waals surface area contributed by atoms with Gasteiger partial charge in [0.25, 0.3) is 5.89 Å². The predicted octanol–water partition coefficient (Wildman–Crippen LogP) is 5.33. The molecule has 130 valence electrons. The van der Waals surface area contributed by atoms with E-state index >= 15 is 0 Å². The van der Waals surface area contributed by atoms with Crippen molar-refractivity contribution < 1.29 is 14.0 Å². The summed E-state index contributed by atoms with van der Waals surface area (Å²) < 4.78 is 16.3. The van der Waals surface area contributed by atoms with Crippen LogP contribution in [-0.4, -0.2) is 23.9 Å². The average molecular weight is 377 g/mol. The van der Waals surface area contributed by atoms with Crippen LogP contribution < -0.4 is 9.47 Å². The average Bonchev–Trinajstić information content (AvgIpc) is 3.31. The van der Waals surface area contributed by atoms with E-state index in [2.05, 4.69) is 17.1 Å². The predicted molar refractivity (Wildman–Crippen MR) is 100 cm³/mol. The molecule has 2 heterocycles. The van der Waals surface area contributed by atoms with Gasteiger partial charge in [0.2, 0.25) is 5.82 Å². The quantitative estimate of drug-likeness (QED) is 0.557. The number of ether oxygens (including phenoxy) is 2. The Kier molecular flexibility index (Phi) is 5.73. The third kappa shape index (κ3) is 4.21. The van der Waals surface area contributed by atoms with Crippen LogP contribution in [0.1, 0.15) is 24.8 Å². The van der Waals surface area contributed by atoms with Gasteiger partial charge in [-0.15, -0.1) is 0 Å². The first-order valence-electron chi connectivity index (χ1n) is 7.76. The van der Waals surface area contributed by atoms with Crippen molar-refractivity contribution in [2.24, 2.45) is 0 Å². The first-order chi connectivity index (χ1) is 12.2. The normalized spacial score (nSPS) is 11.6. The van der Waals surface area contributed by atoms with E-state index in [4.69, 9.17) is 25.6 Å². The standard InChI is InChI=1S/C18H17ClN2O3S/c1-3-7-23-15-5-4-12(10-16(15)22-2)9-14(19)18-20-17(21-24-18)13-6-8-25-11-13/h4-6,8-11H,3,7H2,1-2H3/b14-9-. The Morgan fingerprint density at radius 3 is 2.92 bits per heavy atom. The molecule has 0 saturated carbocycles. The number of aromatic nitrogens is 2. The molecule has 7 heteroatoms. The summed E-state index contributed by atoms with van der Waals surface area (Å²) in [5, 5.41) is 8.22. The Morgan fingerprint density at radius 2 is 2.20 bits per heavy atom. The zero-order chi connectivity index (χ0) is 17.6. The zero-order valence-corrected chi connectivity index (χ0v) is 15.4. The van der Waals surface area contributed by atoms with Crippen molar-refractivity contribution in [3.63, 3.8) is 0 Å². The number of thiophene rings is 1. The molecule has 25 heavy (non-hydrogen) atoms. The SMILES string of the molecule is CCCOc1ccc(/C=C(\Cl)c2nc(-c3ccsc3)no2)cc1OC. The molecule has 0 fully saturated rings. The lowest BCUT2D eigenvalue weighted by Gasteiger charge is -2.10. The highest BCUT2D eigenvalue weighted by Crippen LogP contribution is 2.31. The number of halogens is 1. The zero-order valence-electron chi connectivity index (χ0n) is 13.9. The molecular weight excluding hydrogens is 360 g/mol. The highest BCUT2D eigenvalue weighted by molar-refractivity contribution is 7.08. The van der Waals surface area contributed by atoms with Gasteiger partial charge in [0.1, 0.15) is 5.03 Å². The van der Waals surface area contributed by atoms with Gasteiger partial charge in [0.05, 0.1) is 13.7 Å². The molecule has 1 aromatic carbocycles. The van der Waals surface area contributed by atoms with E-state index in [1.165, 1.54) is 0 Å². The van der Waals surface area contributed by atoms with Gasteiger partial charge in [-0.25, -0.2) is 0 Å². The van der Waals surface area contributed by atoms with Crippen LogP contribution in [0.15, 0.2) is 39.5 Å². The molecule has 3 aromatic rings. The minimum Gasteiger partial charge on any atom is -0.493 e. The van der Waals surface area contributed by atoms with E-state index in [-0.39, 0.29) is 5.89 Å². The molecule has 0 bridgehead atoms. The molecule has 5 nitrogen and oxygen atoms in total. The van der Waals surface area contributed by atoms with Gasteiger partial charge >= 0.3 is 0 Å². The highest BCUT2D eigenvalue weighted by atomic mass is 35.5. The summed E-state index contributed by atoms with van der Waals surface area (Å²) in [4.78, 5) is 4.32. The van der Waals surface area contributed by atoms with Gasteiger partial charge in [-0.3, -0.25) is 0 Å². The molecule has 0 aliphatic heterocycles. The first-order valence-corrected chi connectivity index (χ1v) is 9.08. The van der Waals surface area contributed by atoms with Crippen molar-refractivity contribution in [1.82, 2.24) is 10.1 Å². The molecule has 0 radical (unpaired) electrons. The third-order valence-electron chi connectivity index (χ3n) is 3.35. The number of benzene rings is 1. The van der Waals surface area contributed by atoms with Crippen LogP contribution in [0.3, 0.4) is 0 Å². The summed E-state index contributed by atoms with van der Waals surface area (Å²) in [5.74, 6) is 2.14. The maximum Gasteiger partial charge on any atom is 0.269 e. The molecule has 0 aliphatic rings. The number of hydrogen-bond donors (Lipinski definition) is 0. The van der Waals surface area contributed by atoms with E-state index in [1.54, 1.807) is 24.5 Å². The minimum absolute atomic E-state index is 0.271. The lowest BCUT2D eigenvalue weighted by Crippen LogP contribution is -1.97. The summed E-state index contributed by atoms with van der Waals surface area (Å²) >= 11 is 7.90. The van der Waals surface area contributed by atoms with Crippen molar-refractivity contribution in [2.45, 2.75) is 13.3 Å². The number of methoxy groups -OCH3 is 1. The second-order valence-electron chi connectivity index (χ2n) is 5.19. The summed E-state index contributed by atoms with van der Waals surface area (Å²) in [6.45, 7) is 2.69. The van der Waals surface area contributed by atoms with Crippen molar-refractivity contribution >= 4 is 34.0 Å². The molecule has 0 N–H and O–H groups in total. The second kappa shape index (κ2) is 8.18. The first kappa shape index (κ1) is 17.5. The van der Waals surface area contributed by atoms with Crippen molar-refractivity contribution in [1.29, 1.82) is 0 Å². The lowest BCUT2D eigenvalue weighted by molar-refractivity contribution is 0.294. The van der Waals surface area contributed by atoms with Crippen LogP contribution in [0.2, 0.25) is 0 Å². The maximum atomic E-state index is 6.33. The molecular formula is C18H17ClN2O3S. The summed E-state index contributed by atoms with van der Waals surface area (Å²) in [7, 11) is 1.61. The lowest BCUT2D eigenvalue weighted by atomic mass is 10.2. The molecule has 3 rings (SSSR count). The van der Waals surface area contributed by atoms with Crippen LogP contribution in [0.4, 0.5) is 0 Å². The fourth-order valence-corrected chi connectivity index (χ4v) is 2.98. The van der Waals surface area contributed by atoms with Crippen molar-refractivity contribution in [3.05, 3.63) is 46.5 Å². The van der Waals surface area contributed by atoms with E-state index in [0.29, 0.717) is 29.0 Å². The van der Waals surface area contributed by atoms with E-state index in [0.717, 1.165) is 17.5 Å². The molecule has 0 atom stereocenters. The van der Waals surface area contributed by atoms with E-state index in [9.17, 15) is 0 Å². The van der Waals surface area contributed by atoms with E-state index in [1.807, 2.05) is 35.0 Å². The molecule has 0 unspecified atom stereocenters. The van der Waals surface area contributed by atoms with Gasteiger partial charge in [-0.1, -0.05) is 29.7 Å². The molecule has 0 spiro atoms. The summed E-state index contributed by atoms with van der Waals surface area (Å²) in [5.41, 5.74) is 1.75. The second-order valence-corrected chi connectivity index (χ2v) is 6.37. The van der Waals surface area contributed by atoms with E-state index < -0.39 is 0 Å². The van der Waals surface area contributed by atoms with Crippen molar-refractivity contribution in [2.75, 3.05) is 13.7 Å². The van der Waals surface area contributed by atoms with Gasteiger partial charge in [0, 0.05) is 10.9 Å². The Balaban J connectivity index is 1.82. The fraction of sp³-hybridized carbons (Fsp3) is 0.222. The van der Waals surface area contributed by atoms with Gasteiger partial charge in [-0.05, 0) is 41.6 Å². The van der Waals surface area contributed by atoms with Crippen molar-refractivity contribution in [3.8, 4) is 22.9 Å². The van der Waals surface area contributed by atoms with Gasteiger partial charge in [0.15, 0.2) is 11.5 Å². The topological polar surface area (TPSA) is 57.4 Å². The van der Waals surface area contributed by atoms with Crippen LogP contribution in [-0.2, 0) is 0 Å². The summed E-state index contributed by atoms with van der Waals surface area (Å²) in [6, 6.07) is 7.53. The molecule has 0 amide bonds. The van der Waals surface area contributed by atoms with Gasteiger partial charge in [-0.2, -0.15) is 16.3 Å². The van der Waals surface area contributed by atoms with Crippen LogP contribution in [0.25, 0.3) is 22.5 Å².